The number of halogens is 2. The zero-order chi connectivity index (χ0) is 13.4. The molecule has 0 atom stereocenters. The summed E-state index contributed by atoms with van der Waals surface area (Å²) in [7, 11) is 0. The van der Waals surface area contributed by atoms with Gasteiger partial charge in [-0.3, -0.25) is 0 Å². The Balaban J connectivity index is 2.17. The summed E-state index contributed by atoms with van der Waals surface area (Å²) in [5.74, 6) is -1.34. The Morgan fingerprint density at radius 2 is 2.00 bits per heavy atom. The van der Waals surface area contributed by atoms with E-state index in [0.29, 0.717) is 17.9 Å². The van der Waals surface area contributed by atoms with Gasteiger partial charge in [-0.05, 0) is 23.8 Å². The van der Waals surface area contributed by atoms with Crippen LogP contribution in [0.25, 0.3) is 22.4 Å². The molecule has 3 rings (SSSR count). The van der Waals surface area contributed by atoms with Crippen LogP contribution >= 0.6 is 0 Å². The van der Waals surface area contributed by atoms with Crippen molar-refractivity contribution in [3.05, 3.63) is 53.6 Å². The van der Waals surface area contributed by atoms with Crippen LogP contribution in [-0.2, 0) is 6.54 Å². The lowest BCUT2D eigenvalue weighted by molar-refractivity contribution is 0.515. The topological polar surface area (TPSA) is 54.7 Å². The standard InChI is InChI=1S/C14H11F2N3/c15-10-4-5-11-13(12(10)16)19-14(18-11)9-3-1-2-8(6-9)7-17/h1-6H,7,17H2,(H,18,19). The average Bonchev–Trinajstić information content (AvgIpc) is 2.88. The largest absolute Gasteiger partial charge is 0.338 e. The summed E-state index contributed by atoms with van der Waals surface area (Å²) in [6, 6.07) is 10.00. The molecule has 1 aromatic heterocycles. The van der Waals surface area contributed by atoms with Gasteiger partial charge in [0.1, 0.15) is 11.3 Å². The number of nitrogens with zero attached hydrogens (tertiary/aromatic N) is 1. The van der Waals surface area contributed by atoms with Gasteiger partial charge in [-0.2, -0.15) is 0 Å². The van der Waals surface area contributed by atoms with Crippen LogP contribution in [0.5, 0.6) is 0 Å². The quantitative estimate of drug-likeness (QED) is 0.743. The summed E-state index contributed by atoms with van der Waals surface area (Å²) in [5, 5.41) is 0. The Kier molecular flexibility index (Phi) is 2.76. The third-order valence-corrected chi connectivity index (χ3v) is 2.98. The highest BCUT2D eigenvalue weighted by Crippen LogP contribution is 2.24. The molecule has 19 heavy (non-hydrogen) atoms. The zero-order valence-electron chi connectivity index (χ0n) is 9.95. The molecule has 0 saturated heterocycles. The molecule has 0 saturated carbocycles. The highest BCUT2D eigenvalue weighted by Gasteiger charge is 2.12. The van der Waals surface area contributed by atoms with Crippen molar-refractivity contribution >= 4 is 11.0 Å². The number of rotatable bonds is 2. The lowest BCUT2D eigenvalue weighted by atomic mass is 10.1. The summed E-state index contributed by atoms with van der Waals surface area (Å²) < 4.78 is 26.7. The molecule has 2 aromatic carbocycles. The SMILES string of the molecule is NCc1cccc(-c2nc3c(F)c(F)ccc3[nH]2)c1. The molecule has 0 radical (unpaired) electrons. The van der Waals surface area contributed by atoms with Crippen molar-refractivity contribution in [2.75, 3.05) is 0 Å². The smallest absolute Gasteiger partial charge is 0.186 e. The summed E-state index contributed by atoms with van der Waals surface area (Å²) in [5.41, 5.74) is 7.79. The lowest BCUT2D eigenvalue weighted by Crippen LogP contribution is -1.96. The summed E-state index contributed by atoms with van der Waals surface area (Å²) in [6.45, 7) is 0.414. The van der Waals surface area contributed by atoms with E-state index in [1.807, 2.05) is 24.3 Å². The highest BCUT2D eigenvalue weighted by molar-refractivity contribution is 5.80. The number of nitrogens with two attached hydrogens (primary N) is 1. The minimum atomic E-state index is -0.935. The van der Waals surface area contributed by atoms with E-state index in [1.54, 1.807) is 0 Å². The van der Waals surface area contributed by atoms with Crippen LogP contribution in [0.3, 0.4) is 0 Å². The van der Waals surface area contributed by atoms with E-state index in [-0.39, 0.29) is 5.52 Å². The molecular formula is C14H11F2N3. The first kappa shape index (κ1) is 11.8. The Bertz CT molecular complexity index is 750. The first-order chi connectivity index (χ1) is 9.19. The Hall–Kier alpha value is -2.27. The average molecular weight is 259 g/mol. The van der Waals surface area contributed by atoms with Gasteiger partial charge in [-0.1, -0.05) is 18.2 Å². The van der Waals surface area contributed by atoms with Gasteiger partial charge >= 0.3 is 0 Å². The molecule has 1 heterocycles. The van der Waals surface area contributed by atoms with Crippen molar-refractivity contribution in [3.63, 3.8) is 0 Å². The first-order valence-electron chi connectivity index (χ1n) is 5.82. The number of hydrogen-bond donors (Lipinski definition) is 2. The summed E-state index contributed by atoms with van der Waals surface area (Å²) in [4.78, 5) is 7.08. The van der Waals surface area contributed by atoms with Crippen molar-refractivity contribution in [2.45, 2.75) is 6.54 Å². The minimum Gasteiger partial charge on any atom is -0.338 e. The van der Waals surface area contributed by atoms with Crippen LogP contribution < -0.4 is 5.73 Å². The van der Waals surface area contributed by atoms with Crippen LogP contribution in [0, 0.1) is 11.6 Å². The second kappa shape index (κ2) is 4.44. The third kappa shape index (κ3) is 1.98. The number of hydrogen-bond acceptors (Lipinski definition) is 2. The Labute approximate surface area is 108 Å². The monoisotopic (exact) mass is 259 g/mol. The van der Waals surface area contributed by atoms with Crippen molar-refractivity contribution in [1.29, 1.82) is 0 Å². The van der Waals surface area contributed by atoms with E-state index in [2.05, 4.69) is 9.97 Å². The molecule has 0 spiro atoms. The van der Waals surface area contributed by atoms with Crippen LogP contribution in [-0.4, -0.2) is 9.97 Å². The first-order valence-corrected chi connectivity index (χ1v) is 5.82. The van der Waals surface area contributed by atoms with E-state index in [9.17, 15) is 8.78 Å². The predicted octanol–water partition coefficient (Wildman–Crippen LogP) is 2.97. The molecule has 0 aliphatic rings. The van der Waals surface area contributed by atoms with Gasteiger partial charge in [0.05, 0.1) is 5.52 Å². The normalized spacial score (nSPS) is 11.1. The van der Waals surface area contributed by atoms with Gasteiger partial charge in [0, 0.05) is 12.1 Å². The molecule has 3 N–H and O–H groups in total. The van der Waals surface area contributed by atoms with Crippen molar-refractivity contribution in [2.24, 2.45) is 5.73 Å². The Morgan fingerprint density at radius 3 is 2.79 bits per heavy atom. The molecular weight excluding hydrogens is 248 g/mol. The van der Waals surface area contributed by atoms with Crippen molar-refractivity contribution in [1.82, 2.24) is 9.97 Å². The van der Waals surface area contributed by atoms with Gasteiger partial charge in [0.15, 0.2) is 11.6 Å². The molecule has 0 amide bonds. The maximum absolute atomic E-state index is 13.6. The van der Waals surface area contributed by atoms with Gasteiger partial charge in [-0.15, -0.1) is 0 Å². The molecule has 0 aliphatic heterocycles. The van der Waals surface area contributed by atoms with Crippen LogP contribution in [0.2, 0.25) is 0 Å². The van der Waals surface area contributed by atoms with Gasteiger partial charge < -0.3 is 10.7 Å². The van der Waals surface area contributed by atoms with E-state index in [0.717, 1.165) is 17.2 Å². The van der Waals surface area contributed by atoms with Crippen molar-refractivity contribution in [3.8, 4) is 11.4 Å². The van der Waals surface area contributed by atoms with Gasteiger partial charge in [-0.25, -0.2) is 13.8 Å². The second-order valence-corrected chi connectivity index (χ2v) is 4.25. The number of H-pyrrole nitrogens is 1. The molecule has 0 unspecified atom stereocenters. The van der Waals surface area contributed by atoms with E-state index < -0.39 is 11.6 Å². The number of benzene rings is 2. The maximum Gasteiger partial charge on any atom is 0.186 e. The number of nitrogens with one attached hydrogen (secondary N) is 1. The predicted molar refractivity (Wildman–Crippen MR) is 69.3 cm³/mol. The van der Waals surface area contributed by atoms with Gasteiger partial charge in [0.25, 0.3) is 0 Å². The fraction of sp³-hybridized carbons (Fsp3) is 0.0714. The molecule has 0 fully saturated rings. The van der Waals surface area contributed by atoms with E-state index in [1.165, 1.54) is 6.07 Å². The molecule has 0 bridgehead atoms. The van der Waals surface area contributed by atoms with Crippen molar-refractivity contribution < 1.29 is 8.78 Å². The summed E-state index contributed by atoms with van der Waals surface area (Å²) in [6.07, 6.45) is 0. The number of fused-ring (bicyclic) bond motifs is 1. The highest BCUT2D eigenvalue weighted by atomic mass is 19.2. The molecule has 5 heteroatoms. The van der Waals surface area contributed by atoms with E-state index >= 15 is 0 Å². The van der Waals surface area contributed by atoms with Crippen LogP contribution in [0.4, 0.5) is 8.78 Å². The minimum absolute atomic E-state index is 0.00755. The fourth-order valence-electron chi connectivity index (χ4n) is 2.00. The lowest BCUT2D eigenvalue weighted by Gasteiger charge is -1.99. The van der Waals surface area contributed by atoms with Crippen LogP contribution in [0.1, 0.15) is 5.56 Å². The molecule has 0 aliphatic carbocycles. The van der Waals surface area contributed by atoms with Crippen LogP contribution in [0.15, 0.2) is 36.4 Å². The fourth-order valence-corrected chi connectivity index (χ4v) is 2.00. The zero-order valence-corrected chi connectivity index (χ0v) is 9.95. The molecule has 96 valence electrons. The Morgan fingerprint density at radius 1 is 1.16 bits per heavy atom. The molecule has 3 aromatic rings. The maximum atomic E-state index is 13.6. The molecule has 3 nitrogen and oxygen atoms in total. The van der Waals surface area contributed by atoms with E-state index in [4.69, 9.17) is 5.73 Å². The number of imidazole rings is 1. The number of aromatic nitrogens is 2. The number of aromatic amines is 1. The van der Waals surface area contributed by atoms with Gasteiger partial charge in [0.2, 0.25) is 0 Å². The third-order valence-electron chi connectivity index (χ3n) is 2.98. The summed E-state index contributed by atoms with van der Waals surface area (Å²) >= 11 is 0. The second-order valence-electron chi connectivity index (χ2n) is 4.25.